The van der Waals surface area contributed by atoms with Crippen molar-refractivity contribution >= 4 is 40.5 Å². The maximum atomic E-state index is 13.3. The molecule has 1 saturated carbocycles. The molecule has 1 N–H and O–H groups in total. The third kappa shape index (κ3) is 5.74. The summed E-state index contributed by atoms with van der Waals surface area (Å²) < 4.78 is 34.6. The molecule has 1 unspecified atom stereocenters. The molecule has 10 heteroatoms. The monoisotopic (exact) mass is 487 g/mol. The topological polar surface area (TPSA) is 80.2 Å². The highest BCUT2D eigenvalue weighted by atomic mass is 32.2. The first-order chi connectivity index (χ1) is 16.3. The Hall–Kier alpha value is -3.40. The van der Waals surface area contributed by atoms with Crippen LogP contribution in [0.4, 0.5) is 14.5 Å². The highest BCUT2D eigenvalue weighted by molar-refractivity contribution is 8.15. The Labute approximate surface area is 199 Å². The number of hydrogen-bond donors (Lipinski definition) is 1. The minimum atomic E-state index is -2.95. The number of anilines is 1. The van der Waals surface area contributed by atoms with Crippen molar-refractivity contribution < 1.29 is 27.8 Å². The third-order valence-corrected chi connectivity index (χ3v) is 6.20. The van der Waals surface area contributed by atoms with Gasteiger partial charge in [0, 0.05) is 6.04 Å². The number of methoxy groups -OCH3 is 1. The molecule has 2 aliphatic rings. The van der Waals surface area contributed by atoms with Crippen molar-refractivity contribution in [3.05, 3.63) is 59.8 Å². The number of benzene rings is 2. The van der Waals surface area contributed by atoms with Gasteiger partial charge >= 0.3 is 6.61 Å². The summed E-state index contributed by atoms with van der Waals surface area (Å²) in [5.74, 6) is 0.136. The van der Waals surface area contributed by atoms with Crippen LogP contribution in [0, 0.1) is 0 Å². The van der Waals surface area contributed by atoms with Crippen molar-refractivity contribution in [3.63, 3.8) is 0 Å². The molecule has 4 rings (SSSR count). The van der Waals surface area contributed by atoms with Gasteiger partial charge in [-0.25, -0.2) is 4.99 Å². The van der Waals surface area contributed by atoms with Crippen LogP contribution in [0.5, 0.6) is 11.5 Å². The average molecular weight is 488 g/mol. The summed E-state index contributed by atoms with van der Waals surface area (Å²) in [5.41, 5.74) is 1.36. The van der Waals surface area contributed by atoms with Gasteiger partial charge in [-0.15, -0.1) is 0 Å². The molecule has 0 radical (unpaired) electrons. The van der Waals surface area contributed by atoms with Gasteiger partial charge in [-0.2, -0.15) is 8.78 Å². The largest absolute Gasteiger partial charge is 0.497 e. The molecule has 1 fully saturated rings. The van der Waals surface area contributed by atoms with Crippen LogP contribution in [0.25, 0.3) is 6.08 Å². The second-order valence-corrected chi connectivity index (χ2v) is 9.06. The summed E-state index contributed by atoms with van der Waals surface area (Å²) in [4.78, 5) is 31.7. The molecule has 2 aromatic carbocycles. The number of carbonyl (C=O) groups is 2. The van der Waals surface area contributed by atoms with Gasteiger partial charge in [0.15, 0.2) is 5.17 Å². The first-order valence-electron chi connectivity index (χ1n) is 10.6. The van der Waals surface area contributed by atoms with Gasteiger partial charge < -0.3 is 14.8 Å². The van der Waals surface area contributed by atoms with E-state index in [4.69, 9.17) is 4.74 Å². The lowest BCUT2D eigenvalue weighted by atomic mass is 10.2. The van der Waals surface area contributed by atoms with Crippen molar-refractivity contribution in [1.82, 2.24) is 5.32 Å². The van der Waals surface area contributed by atoms with Gasteiger partial charge in [-0.05, 0) is 67.8 Å². The summed E-state index contributed by atoms with van der Waals surface area (Å²) >= 11 is 1.16. The predicted octanol–water partition coefficient (Wildman–Crippen LogP) is 4.44. The highest BCUT2D eigenvalue weighted by Crippen LogP contribution is 2.33. The quantitative estimate of drug-likeness (QED) is 0.557. The molecule has 0 bridgehead atoms. The lowest BCUT2D eigenvalue weighted by molar-refractivity contribution is -0.120. The van der Waals surface area contributed by atoms with E-state index in [0.717, 1.165) is 30.2 Å². The van der Waals surface area contributed by atoms with E-state index in [2.05, 4.69) is 15.0 Å². The van der Waals surface area contributed by atoms with Crippen LogP contribution >= 0.6 is 11.8 Å². The van der Waals surface area contributed by atoms with Crippen LogP contribution < -0.4 is 19.7 Å². The van der Waals surface area contributed by atoms with Gasteiger partial charge in [0.05, 0.1) is 18.0 Å². The summed E-state index contributed by atoms with van der Waals surface area (Å²) in [6.07, 6.45) is 3.58. The maximum Gasteiger partial charge on any atom is 0.387 e. The first kappa shape index (κ1) is 23.7. The summed E-state index contributed by atoms with van der Waals surface area (Å²) in [5, 5.41) is 2.78. The number of alkyl halides is 2. The van der Waals surface area contributed by atoms with Crippen molar-refractivity contribution in [2.75, 3.05) is 12.0 Å². The molecule has 0 aromatic heterocycles. The lowest BCUT2D eigenvalue weighted by Crippen LogP contribution is -2.36. The Balaban J connectivity index is 1.61. The molecule has 1 aliphatic heterocycles. The van der Waals surface area contributed by atoms with Crippen molar-refractivity contribution in [3.8, 4) is 11.5 Å². The average Bonchev–Trinajstić information content (AvgIpc) is 3.58. The highest BCUT2D eigenvalue weighted by Gasteiger charge is 2.35. The van der Waals surface area contributed by atoms with Crippen molar-refractivity contribution in [2.24, 2.45) is 4.99 Å². The summed E-state index contributed by atoms with van der Waals surface area (Å²) in [6, 6.07) is 13.1. The Morgan fingerprint density at radius 1 is 1.15 bits per heavy atom. The Morgan fingerprint density at radius 2 is 1.79 bits per heavy atom. The van der Waals surface area contributed by atoms with Crippen molar-refractivity contribution in [2.45, 2.75) is 37.7 Å². The number of carbonyl (C=O) groups excluding carboxylic acids is 2. The maximum absolute atomic E-state index is 13.3. The SMILES string of the molecule is COc1ccc(/C=C2\N=C(SC(C)C(=O)NC3CC3)N(c3ccc(OC(F)F)cc3)C2=O)cc1. The first-order valence-corrected chi connectivity index (χ1v) is 11.5. The zero-order valence-corrected chi connectivity index (χ0v) is 19.4. The van der Waals surface area contributed by atoms with Crippen LogP contribution in [0.15, 0.2) is 59.2 Å². The fourth-order valence-corrected chi connectivity index (χ4v) is 4.13. The van der Waals surface area contributed by atoms with E-state index < -0.39 is 17.8 Å². The number of nitrogens with one attached hydrogen (secondary N) is 1. The number of ether oxygens (including phenoxy) is 2. The van der Waals surface area contributed by atoms with E-state index in [1.54, 1.807) is 44.4 Å². The molecule has 1 atom stereocenters. The second-order valence-electron chi connectivity index (χ2n) is 7.75. The van der Waals surface area contributed by atoms with Crippen LogP contribution in [0.2, 0.25) is 0 Å². The Morgan fingerprint density at radius 3 is 2.38 bits per heavy atom. The van der Waals surface area contributed by atoms with Crippen LogP contribution in [0.3, 0.4) is 0 Å². The van der Waals surface area contributed by atoms with E-state index >= 15 is 0 Å². The molecule has 178 valence electrons. The van der Waals surface area contributed by atoms with E-state index in [0.29, 0.717) is 16.6 Å². The Kier molecular flexibility index (Phi) is 7.16. The lowest BCUT2D eigenvalue weighted by Gasteiger charge is -2.20. The summed E-state index contributed by atoms with van der Waals surface area (Å²) in [6.45, 7) is -1.20. The normalized spacial score (nSPS) is 17.7. The number of amidine groups is 1. The Bertz CT molecular complexity index is 1120. The second kappa shape index (κ2) is 10.3. The number of hydrogen-bond acceptors (Lipinski definition) is 6. The predicted molar refractivity (Wildman–Crippen MR) is 127 cm³/mol. The van der Waals surface area contributed by atoms with Crippen molar-refractivity contribution in [1.29, 1.82) is 0 Å². The third-order valence-electron chi connectivity index (χ3n) is 5.14. The molecule has 7 nitrogen and oxygen atoms in total. The van der Waals surface area contributed by atoms with E-state index in [-0.39, 0.29) is 23.4 Å². The molecule has 1 aliphatic carbocycles. The number of amides is 2. The standard InChI is InChI=1S/C24H23F2N3O4S/c1-14(21(30)27-16-5-6-16)34-24-28-20(13-15-3-9-18(32-2)10-4-15)22(31)29(24)17-7-11-19(12-8-17)33-23(25)26/h3-4,7-14,16,23H,5-6H2,1-2H3,(H,27,30)/b20-13-. The molecule has 0 spiro atoms. The van der Waals surface area contributed by atoms with Gasteiger partial charge in [-0.1, -0.05) is 23.9 Å². The van der Waals surface area contributed by atoms with E-state index in [1.165, 1.54) is 29.2 Å². The van der Waals surface area contributed by atoms with Crippen LogP contribution in [0.1, 0.15) is 25.3 Å². The number of aliphatic imine (C=N–C) groups is 1. The molecule has 1 heterocycles. The van der Waals surface area contributed by atoms with Gasteiger partial charge in [0.25, 0.3) is 5.91 Å². The smallest absolute Gasteiger partial charge is 0.387 e. The van der Waals surface area contributed by atoms with Gasteiger partial charge in [0.2, 0.25) is 5.91 Å². The molecule has 2 amide bonds. The fraction of sp³-hybridized carbons (Fsp3) is 0.292. The zero-order valence-electron chi connectivity index (χ0n) is 18.5. The number of halogens is 2. The number of thioether (sulfide) groups is 1. The molecule has 2 aromatic rings. The minimum Gasteiger partial charge on any atom is -0.497 e. The molecule has 34 heavy (non-hydrogen) atoms. The van der Waals surface area contributed by atoms with Gasteiger partial charge in [-0.3, -0.25) is 14.5 Å². The van der Waals surface area contributed by atoms with Gasteiger partial charge in [0.1, 0.15) is 17.2 Å². The van der Waals surface area contributed by atoms with E-state index in [1.807, 2.05) is 0 Å². The van der Waals surface area contributed by atoms with Crippen LogP contribution in [-0.2, 0) is 9.59 Å². The zero-order chi connectivity index (χ0) is 24.2. The minimum absolute atomic E-state index is 0.0253. The molecular weight excluding hydrogens is 464 g/mol. The number of rotatable bonds is 8. The molecule has 0 saturated heterocycles. The molecular formula is C24H23F2N3O4S. The number of nitrogens with zero attached hydrogens (tertiary/aromatic N) is 2. The van der Waals surface area contributed by atoms with E-state index in [9.17, 15) is 18.4 Å². The van der Waals surface area contributed by atoms with Crippen LogP contribution in [-0.4, -0.2) is 42.0 Å². The fourth-order valence-electron chi connectivity index (χ4n) is 3.20. The summed E-state index contributed by atoms with van der Waals surface area (Å²) in [7, 11) is 1.57.